The van der Waals surface area contributed by atoms with Crippen LogP contribution in [0.5, 0.6) is 0 Å². The van der Waals surface area contributed by atoms with E-state index < -0.39 is 11.9 Å². The second-order valence-corrected chi connectivity index (χ2v) is 7.29. The highest BCUT2D eigenvalue weighted by Crippen LogP contribution is 2.38. The van der Waals surface area contributed by atoms with E-state index in [0.717, 1.165) is 22.1 Å². The standard InChI is InChI=1S/C22H13NO5S/c24-20(18-10-13-6-2-4-8-16(13)28-18)23-21-19(22(25)26)14(11-29-21)17-9-12-5-1-3-7-15(12)27-17/h1-11H,(H,23,24)(H,25,26). The summed E-state index contributed by atoms with van der Waals surface area (Å²) in [7, 11) is 0. The summed E-state index contributed by atoms with van der Waals surface area (Å²) in [6, 6.07) is 18.1. The predicted octanol–water partition coefficient (Wildman–Crippen LogP) is 5.86. The largest absolute Gasteiger partial charge is 0.478 e. The van der Waals surface area contributed by atoms with Crippen LogP contribution in [0.15, 0.2) is 74.9 Å². The second-order valence-electron chi connectivity index (χ2n) is 6.41. The van der Waals surface area contributed by atoms with Crippen molar-refractivity contribution in [3.05, 3.63) is 77.4 Å². The third kappa shape index (κ3) is 2.97. The second kappa shape index (κ2) is 6.65. The van der Waals surface area contributed by atoms with Gasteiger partial charge in [-0.15, -0.1) is 11.3 Å². The molecule has 0 unspecified atom stereocenters. The van der Waals surface area contributed by atoms with Crippen molar-refractivity contribution in [1.82, 2.24) is 0 Å². The summed E-state index contributed by atoms with van der Waals surface area (Å²) >= 11 is 1.12. The first-order valence-electron chi connectivity index (χ1n) is 8.74. The van der Waals surface area contributed by atoms with Crippen LogP contribution in [0.2, 0.25) is 0 Å². The van der Waals surface area contributed by atoms with Crippen molar-refractivity contribution < 1.29 is 23.5 Å². The van der Waals surface area contributed by atoms with Crippen LogP contribution < -0.4 is 5.32 Å². The lowest BCUT2D eigenvalue weighted by Crippen LogP contribution is -2.12. The molecule has 142 valence electrons. The molecule has 0 fully saturated rings. The molecule has 0 aliphatic heterocycles. The number of para-hydroxylation sites is 2. The van der Waals surface area contributed by atoms with Crippen LogP contribution >= 0.6 is 11.3 Å². The fourth-order valence-electron chi connectivity index (χ4n) is 3.22. The summed E-state index contributed by atoms with van der Waals surface area (Å²) in [6.45, 7) is 0. The van der Waals surface area contributed by atoms with Crippen LogP contribution in [0.4, 0.5) is 5.00 Å². The summed E-state index contributed by atoms with van der Waals surface area (Å²) in [4.78, 5) is 24.6. The van der Waals surface area contributed by atoms with E-state index >= 15 is 0 Å². The van der Waals surface area contributed by atoms with Crippen LogP contribution in [0.1, 0.15) is 20.9 Å². The van der Waals surface area contributed by atoms with Crippen molar-refractivity contribution in [3.63, 3.8) is 0 Å². The number of anilines is 1. The first-order valence-corrected chi connectivity index (χ1v) is 9.62. The maximum absolute atomic E-state index is 12.6. The molecule has 0 aliphatic carbocycles. The molecule has 5 aromatic rings. The lowest BCUT2D eigenvalue weighted by Gasteiger charge is -2.03. The summed E-state index contributed by atoms with van der Waals surface area (Å²) < 4.78 is 11.4. The minimum absolute atomic E-state index is 0.0153. The molecule has 0 bridgehead atoms. The summed E-state index contributed by atoms with van der Waals surface area (Å²) in [6.07, 6.45) is 0. The van der Waals surface area contributed by atoms with Crippen molar-refractivity contribution in [1.29, 1.82) is 0 Å². The van der Waals surface area contributed by atoms with E-state index in [1.807, 2.05) is 42.5 Å². The zero-order valence-corrected chi connectivity index (χ0v) is 15.7. The van der Waals surface area contributed by atoms with Gasteiger partial charge in [0.05, 0.1) is 0 Å². The minimum atomic E-state index is -1.15. The Hall–Kier alpha value is -3.84. The SMILES string of the molecule is O=C(Nc1scc(-c2cc3ccccc3o2)c1C(=O)O)c1cc2ccccc2o1. The van der Waals surface area contributed by atoms with E-state index in [4.69, 9.17) is 8.83 Å². The number of amides is 1. The van der Waals surface area contributed by atoms with Gasteiger partial charge in [-0.1, -0.05) is 36.4 Å². The highest BCUT2D eigenvalue weighted by Gasteiger charge is 2.24. The van der Waals surface area contributed by atoms with Gasteiger partial charge >= 0.3 is 5.97 Å². The molecule has 0 saturated heterocycles. The molecule has 1 amide bonds. The number of hydrogen-bond donors (Lipinski definition) is 2. The lowest BCUT2D eigenvalue weighted by molar-refractivity contribution is 0.0699. The third-order valence-electron chi connectivity index (χ3n) is 4.57. The molecule has 0 atom stereocenters. The molecular formula is C22H13NO5S. The number of nitrogens with one attached hydrogen (secondary N) is 1. The molecule has 0 saturated carbocycles. The Bertz CT molecular complexity index is 1320. The number of rotatable bonds is 4. The Morgan fingerprint density at radius 1 is 0.897 bits per heavy atom. The van der Waals surface area contributed by atoms with Gasteiger partial charge < -0.3 is 19.3 Å². The number of hydrogen-bond acceptors (Lipinski definition) is 5. The minimum Gasteiger partial charge on any atom is -0.478 e. The Kier molecular flexibility index (Phi) is 3.96. The van der Waals surface area contributed by atoms with Gasteiger partial charge in [-0.2, -0.15) is 0 Å². The summed E-state index contributed by atoms with van der Waals surface area (Å²) in [5.74, 6) is -1.12. The number of carboxylic acid groups (broad SMARTS) is 1. The number of carbonyl (C=O) groups excluding carboxylic acids is 1. The van der Waals surface area contributed by atoms with Crippen LogP contribution in [-0.2, 0) is 0 Å². The Labute approximate surface area is 168 Å². The zero-order valence-electron chi connectivity index (χ0n) is 14.8. The fraction of sp³-hybridized carbons (Fsp3) is 0. The smallest absolute Gasteiger partial charge is 0.339 e. The van der Waals surface area contributed by atoms with Gasteiger partial charge in [-0.3, -0.25) is 4.79 Å². The predicted molar refractivity (Wildman–Crippen MR) is 111 cm³/mol. The molecule has 2 N–H and O–H groups in total. The molecule has 2 aromatic carbocycles. The van der Waals surface area contributed by atoms with E-state index in [9.17, 15) is 14.7 Å². The molecular weight excluding hydrogens is 390 g/mol. The molecule has 0 aliphatic rings. The highest BCUT2D eigenvalue weighted by atomic mass is 32.1. The van der Waals surface area contributed by atoms with Gasteiger partial charge in [0.15, 0.2) is 5.76 Å². The van der Waals surface area contributed by atoms with Gasteiger partial charge in [0.25, 0.3) is 5.91 Å². The number of aromatic carboxylic acids is 1. The van der Waals surface area contributed by atoms with Crippen LogP contribution in [-0.4, -0.2) is 17.0 Å². The molecule has 0 spiro atoms. The topological polar surface area (TPSA) is 92.7 Å². The number of thiophene rings is 1. The molecule has 3 heterocycles. The molecule has 6 nitrogen and oxygen atoms in total. The van der Waals surface area contributed by atoms with E-state index in [1.54, 1.807) is 23.6 Å². The Balaban J connectivity index is 1.52. The molecule has 7 heteroatoms. The van der Waals surface area contributed by atoms with Gasteiger partial charge in [0.1, 0.15) is 27.5 Å². The van der Waals surface area contributed by atoms with Gasteiger partial charge in [0.2, 0.25) is 0 Å². The molecule has 3 aromatic heterocycles. The van der Waals surface area contributed by atoms with Gasteiger partial charge in [-0.25, -0.2) is 4.79 Å². The Morgan fingerprint density at radius 3 is 2.21 bits per heavy atom. The quantitative estimate of drug-likeness (QED) is 0.392. The van der Waals surface area contributed by atoms with Crippen LogP contribution in [0.3, 0.4) is 0 Å². The Morgan fingerprint density at radius 2 is 1.55 bits per heavy atom. The number of fused-ring (bicyclic) bond motifs is 2. The van der Waals surface area contributed by atoms with E-state index in [2.05, 4.69) is 5.32 Å². The highest BCUT2D eigenvalue weighted by molar-refractivity contribution is 7.15. The van der Waals surface area contributed by atoms with Crippen molar-refractivity contribution in [2.75, 3.05) is 5.32 Å². The summed E-state index contributed by atoms with van der Waals surface area (Å²) in [5.41, 5.74) is 1.65. The normalized spacial score (nSPS) is 11.2. The maximum atomic E-state index is 12.6. The molecule has 29 heavy (non-hydrogen) atoms. The van der Waals surface area contributed by atoms with Crippen molar-refractivity contribution in [2.45, 2.75) is 0 Å². The molecule has 5 rings (SSSR count). The lowest BCUT2D eigenvalue weighted by atomic mass is 10.1. The first kappa shape index (κ1) is 17.3. The zero-order chi connectivity index (χ0) is 20.0. The number of furan rings is 2. The van der Waals surface area contributed by atoms with Crippen molar-refractivity contribution in [2.24, 2.45) is 0 Å². The maximum Gasteiger partial charge on any atom is 0.339 e. The van der Waals surface area contributed by atoms with Crippen molar-refractivity contribution >= 4 is 50.2 Å². The van der Waals surface area contributed by atoms with E-state index in [-0.39, 0.29) is 16.3 Å². The average molecular weight is 403 g/mol. The van der Waals surface area contributed by atoms with Gasteiger partial charge in [0, 0.05) is 21.7 Å². The van der Waals surface area contributed by atoms with Crippen LogP contribution in [0, 0.1) is 0 Å². The average Bonchev–Trinajstić information content (AvgIpc) is 3.43. The third-order valence-corrected chi connectivity index (χ3v) is 5.47. The van der Waals surface area contributed by atoms with Crippen molar-refractivity contribution in [3.8, 4) is 11.3 Å². The number of carboxylic acids is 1. The first-order chi connectivity index (χ1) is 14.1. The fourth-order valence-corrected chi connectivity index (χ4v) is 4.15. The van der Waals surface area contributed by atoms with Crippen LogP contribution in [0.25, 0.3) is 33.3 Å². The number of benzene rings is 2. The van der Waals surface area contributed by atoms with Gasteiger partial charge in [-0.05, 0) is 24.3 Å². The number of carbonyl (C=O) groups is 2. The monoisotopic (exact) mass is 403 g/mol. The van der Waals surface area contributed by atoms with E-state index in [0.29, 0.717) is 22.5 Å². The molecule has 0 radical (unpaired) electrons. The summed E-state index contributed by atoms with van der Waals surface area (Å²) in [5, 5.41) is 16.0. The van der Waals surface area contributed by atoms with E-state index in [1.165, 1.54) is 0 Å².